The highest BCUT2D eigenvalue weighted by Crippen LogP contribution is 2.28. The van der Waals surface area contributed by atoms with Crippen LogP contribution >= 0.6 is 15.9 Å². The van der Waals surface area contributed by atoms with Crippen molar-refractivity contribution < 1.29 is 14.6 Å². The summed E-state index contributed by atoms with van der Waals surface area (Å²) in [5.41, 5.74) is 7.23. The molecule has 0 fully saturated rings. The molecule has 0 bridgehead atoms. The second-order valence-corrected chi connectivity index (χ2v) is 6.77. The van der Waals surface area contributed by atoms with E-state index >= 15 is 0 Å². The molecule has 0 radical (unpaired) electrons. The lowest BCUT2D eigenvalue weighted by Crippen LogP contribution is -2.28. The van der Waals surface area contributed by atoms with Crippen LogP contribution in [0.5, 0.6) is 0 Å². The first kappa shape index (κ1) is 18.2. The largest absolute Gasteiger partial charge is 0.465 e. The van der Waals surface area contributed by atoms with Crippen molar-refractivity contribution in [2.24, 2.45) is 0 Å². The topological polar surface area (TPSA) is 94.6 Å². The number of hydrogen-bond acceptors (Lipinski definition) is 5. The van der Waals surface area contributed by atoms with Crippen LogP contribution in [0, 0.1) is 0 Å². The predicted octanol–water partition coefficient (Wildman–Crippen LogP) is 3.18. The number of nitrogens with two attached hydrogens (primary N) is 1. The molecule has 134 valence electrons. The highest BCUT2D eigenvalue weighted by atomic mass is 79.9. The minimum absolute atomic E-state index is 0.0844. The van der Waals surface area contributed by atoms with Gasteiger partial charge in [0, 0.05) is 15.5 Å². The van der Waals surface area contributed by atoms with Gasteiger partial charge >= 0.3 is 5.97 Å². The van der Waals surface area contributed by atoms with Gasteiger partial charge in [0.25, 0.3) is 5.56 Å². The third kappa shape index (κ3) is 3.00. The summed E-state index contributed by atoms with van der Waals surface area (Å²) < 4.78 is 6.92. The molecule has 3 N–H and O–H groups in total. The normalized spacial score (nSPS) is 12.2. The van der Waals surface area contributed by atoms with Crippen molar-refractivity contribution in [1.29, 1.82) is 0 Å². The third-order valence-corrected chi connectivity index (χ3v) is 4.69. The van der Waals surface area contributed by atoms with E-state index in [1.165, 1.54) is 11.7 Å². The highest BCUT2D eigenvalue weighted by Gasteiger charge is 2.22. The molecular formula is C19H17BrN2O4. The predicted molar refractivity (Wildman–Crippen MR) is 104 cm³/mol. The lowest BCUT2D eigenvalue weighted by molar-refractivity contribution is 0.0600. The van der Waals surface area contributed by atoms with Gasteiger partial charge in [0.2, 0.25) is 0 Å². The second kappa shape index (κ2) is 6.93. The van der Waals surface area contributed by atoms with Crippen molar-refractivity contribution in [3.8, 4) is 5.69 Å². The Morgan fingerprint density at radius 2 is 1.88 bits per heavy atom. The number of carbonyl (C=O) groups is 1. The number of rotatable bonds is 3. The fourth-order valence-electron chi connectivity index (χ4n) is 2.85. The number of hydrogen-bond donors (Lipinski definition) is 2. The fourth-order valence-corrected chi connectivity index (χ4v) is 3.20. The van der Waals surface area contributed by atoms with E-state index in [2.05, 4.69) is 15.9 Å². The SMILES string of the molecule is COC(=O)c1c(N)c2ccc(Br)cc2n(-c2ccc(C(C)O)cc2)c1=O. The van der Waals surface area contributed by atoms with E-state index in [9.17, 15) is 14.7 Å². The quantitative estimate of drug-likeness (QED) is 0.639. The van der Waals surface area contributed by atoms with Crippen LogP contribution in [0.4, 0.5) is 5.69 Å². The van der Waals surface area contributed by atoms with Gasteiger partial charge in [0.15, 0.2) is 0 Å². The summed E-state index contributed by atoms with van der Waals surface area (Å²) in [6.45, 7) is 1.66. The van der Waals surface area contributed by atoms with Crippen LogP contribution < -0.4 is 11.3 Å². The summed E-state index contributed by atoms with van der Waals surface area (Å²) >= 11 is 3.40. The number of nitrogen functional groups attached to an aromatic ring is 1. The van der Waals surface area contributed by atoms with Crippen LogP contribution in [-0.2, 0) is 4.74 Å². The van der Waals surface area contributed by atoms with E-state index in [0.717, 1.165) is 10.0 Å². The molecule has 1 atom stereocenters. The molecule has 0 aliphatic heterocycles. The fraction of sp³-hybridized carbons (Fsp3) is 0.158. The number of esters is 1. The minimum Gasteiger partial charge on any atom is -0.465 e. The van der Waals surface area contributed by atoms with Crippen molar-refractivity contribution in [3.05, 3.63) is 68.4 Å². The molecule has 3 rings (SSSR count). The summed E-state index contributed by atoms with van der Waals surface area (Å²) in [6, 6.07) is 12.2. The maximum absolute atomic E-state index is 13.1. The van der Waals surface area contributed by atoms with Gasteiger partial charge in [-0.05, 0) is 42.8 Å². The van der Waals surface area contributed by atoms with Crippen LogP contribution in [0.15, 0.2) is 51.7 Å². The monoisotopic (exact) mass is 416 g/mol. The molecule has 3 aromatic rings. The molecule has 1 heterocycles. The zero-order valence-corrected chi connectivity index (χ0v) is 15.8. The zero-order chi connectivity index (χ0) is 19.0. The van der Waals surface area contributed by atoms with Crippen molar-refractivity contribution in [2.45, 2.75) is 13.0 Å². The molecular weight excluding hydrogens is 400 g/mol. The summed E-state index contributed by atoms with van der Waals surface area (Å²) in [5.74, 6) is -0.785. The Morgan fingerprint density at radius 3 is 2.46 bits per heavy atom. The number of aromatic nitrogens is 1. The summed E-state index contributed by atoms with van der Waals surface area (Å²) in [5, 5.41) is 10.2. The number of benzene rings is 2. The molecule has 1 unspecified atom stereocenters. The molecule has 7 heteroatoms. The number of nitrogens with zero attached hydrogens (tertiary/aromatic N) is 1. The Morgan fingerprint density at radius 1 is 1.23 bits per heavy atom. The lowest BCUT2D eigenvalue weighted by Gasteiger charge is -2.16. The van der Waals surface area contributed by atoms with Gasteiger partial charge in [-0.1, -0.05) is 28.1 Å². The van der Waals surface area contributed by atoms with Gasteiger partial charge in [0.05, 0.1) is 24.4 Å². The number of carbonyl (C=O) groups excluding carboxylic acids is 1. The number of methoxy groups -OCH3 is 1. The number of aliphatic hydroxyl groups is 1. The Kier molecular flexibility index (Phi) is 4.84. The van der Waals surface area contributed by atoms with E-state index in [1.807, 2.05) is 0 Å². The van der Waals surface area contributed by atoms with Gasteiger partial charge in [-0.15, -0.1) is 0 Å². The van der Waals surface area contributed by atoms with Crippen molar-refractivity contribution in [3.63, 3.8) is 0 Å². The average molecular weight is 417 g/mol. The molecule has 0 saturated carbocycles. The summed E-state index contributed by atoms with van der Waals surface area (Å²) in [4.78, 5) is 25.2. The first-order chi connectivity index (χ1) is 12.3. The molecule has 2 aromatic carbocycles. The molecule has 0 amide bonds. The van der Waals surface area contributed by atoms with Gasteiger partial charge in [-0.3, -0.25) is 9.36 Å². The smallest absolute Gasteiger partial charge is 0.345 e. The molecule has 0 saturated heterocycles. The average Bonchev–Trinajstić information content (AvgIpc) is 2.61. The number of pyridine rings is 1. The molecule has 26 heavy (non-hydrogen) atoms. The van der Waals surface area contributed by atoms with E-state index in [4.69, 9.17) is 10.5 Å². The van der Waals surface area contributed by atoms with Gasteiger partial charge in [-0.2, -0.15) is 0 Å². The number of fused-ring (bicyclic) bond motifs is 1. The van der Waals surface area contributed by atoms with E-state index in [1.54, 1.807) is 49.4 Å². The zero-order valence-electron chi connectivity index (χ0n) is 14.2. The summed E-state index contributed by atoms with van der Waals surface area (Å²) in [7, 11) is 1.20. The number of aliphatic hydroxyl groups excluding tert-OH is 1. The van der Waals surface area contributed by atoms with E-state index < -0.39 is 17.6 Å². The van der Waals surface area contributed by atoms with Crippen molar-refractivity contribution >= 4 is 38.5 Å². The minimum atomic E-state index is -0.785. The van der Waals surface area contributed by atoms with Crippen molar-refractivity contribution in [2.75, 3.05) is 12.8 Å². The molecule has 0 spiro atoms. The molecule has 6 nitrogen and oxygen atoms in total. The van der Waals surface area contributed by atoms with Gasteiger partial charge in [0.1, 0.15) is 5.56 Å². The van der Waals surface area contributed by atoms with Crippen molar-refractivity contribution in [1.82, 2.24) is 4.57 Å². The highest BCUT2D eigenvalue weighted by molar-refractivity contribution is 9.10. The standard InChI is InChI=1S/C19H17BrN2O4/c1-10(23)11-3-6-13(7-4-11)22-15-9-12(20)5-8-14(15)17(21)16(18(22)24)19(25)26-2/h3-10,23H,21H2,1-2H3. The van der Waals surface area contributed by atoms with Crippen LogP contribution in [0.2, 0.25) is 0 Å². The Balaban J connectivity index is 2.41. The van der Waals surface area contributed by atoms with Gasteiger partial charge < -0.3 is 15.6 Å². The number of halogens is 1. The lowest BCUT2D eigenvalue weighted by atomic mass is 10.1. The molecule has 0 aliphatic carbocycles. The summed E-state index contributed by atoms with van der Waals surface area (Å²) in [6.07, 6.45) is -0.622. The molecule has 1 aromatic heterocycles. The van der Waals surface area contributed by atoms with E-state index in [0.29, 0.717) is 16.6 Å². The maximum Gasteiger partial charge on any atom is 0.345 e. The number of anilines is 1. The van der Waals surface area contributed by atoms with Crippen LogP contribution in [0.1, 0.15) is 28.9 Å². The van der Waals surface area contributed by atoms with Crippen LogP contribution in [0.25, 0.3) is 16.6 Å². The van der Waals surface area contributed by atoms with E-state index in [-0.39, 0.29) is 11.3 Å². The Hall–Kier alpha value is -2.64. The Labute approximate surface area is 157 Å². The Bertz CT molecular complexity index is 1060. The van der Waals surface area contributed by atoms with Crippen LogP contribution in [0.3, 0.4) is 0 Å². The second-order valence-electron chi connectivity index (χ2n) is 5.85. The third-order valence-electron chi connectivity index (χ3n) is 4.20. The first-order valence-corrected chi connectivity index (χ1v) is 8.65. The number of ether oxygens (including phenoxy) is 1. The maximum atomic E-state index is 13.1. The van der Waals surface area contributed by atoms with Crippen LogP contribution in [-0.4, -0.2) is 22.8 Å². The first-order valence-electron chi connectivity index (χ1n) is 7.85. The molecule has 0 aliphatic rings. The van der Waals surface area contributed by atoms with Gasteiger partial charge in [-0.25, -0.2) is 4.79 Å².